The number of rotatable bonds is 7. The molecule has 1 fully saturated rings. The first-order valence-electron chi connectivity index (χ1n) is 12.0. The minimum Gasteiger partial charge on any atom is -0.351 e. The van der Waals surface area contributed by atoms with Gasteiger partial charge in [-0.2, -0.15) is 0 Å². The molecule has 4 rings (SSSR count). The van der Waals surface area contributed by atoms with Crippen molar-refractivity contribution in [2.45, 2.75) is 64.0 Å². The van der Waals surface area contributed by atoms with Gasteiger partial charge >= 0.3 is 0 Å². The molecule has 178 valence electrons. The molecule has 34 heavy (non-hydrogen) atoms. The summed E-state index contributed by atoms with van der Waals surface area (Å²) in [4.78, 5) is 30.0. The largest absolute Gasteiger partial charge is 0.351 e. The van der Waals surface area contributed by atoms with Gasteiger partial charge in [0.05, 0.1) is 6.42 Å². The predicted octanol–water partition coefficient (Wildman–Crippen LogP) is 6.35. The molecule has 0 radical (unpaired) electrons. The number of carbonyl (C=O) groups is 2. The van der Waals surface area contributed by atoms with Gasteiger partial charge in [-0.1, -0.05) is 62.1 Å². The van der Waals surface area contributed by atoms with E-state index < -0.39 is 11.9 Å². The highest BCUT2D eigenvalue weighted by molar-refractivity contribution is 7.10. The molecule has 0 spiro atoms. The molecule has 3 aromatic rings. The van der Waals surface area contributed by atoms with E-state index in [9.17, 15) is 14.0 Å². The van der Waals surface area contributed by atoms with E-state index in [0.717, 1.165) is 41.7 Å². The Kier molecular flexibility index (Phi) is 8.12. The van der Waals surface area contributed by atoms with Gasteiger partial charge in [-0.15, -0.1) is 11.3 Å². The molecule has 0 aliphatic heterocycles. The number of thiophene rings is 1. The molecule has 1 atom stereocenters. The third-order valence-electron chi connectivity index (χ3n) is 6.45. The van der Waals surface area contributed by atoms with Crippen molar-refractivity contribution in [3.8, 4) is 0 Å². The fraction of sp³-hybridized carbons (Fsp3) is 0.357. The van der Waals surface area contributed by atoms with Crippen molar-refractivity contribution in [2.75, 3.05) is 4.90 Å². The summed E-state index contributed by atoms with van der Waals surface area (Å²) in [5.41, 5.74) is 2.04. The Labute approximate surface area is 204 Å². The Hall–Kier alpha value is -2.99. The Morgan fingerprint density at radius 1 is 1.03 bits per heavy atom. The number of nitrogens with zero attached hydrogens (tertiary/aromatic N) is 1. The van der Waals surface area contributed by atoms with Gasteiger partial charge in [0.25, 0.3) is 0 Å². The SMILES string of the molecule is Cc1ccccc1C(C(=O)NC1CCCCCC1)N(C(=O)Cc1cccs1)c1cccc(F)c1. The molecule has 1 saturated carbocycles. The maximum Gasteiger partial charge on any atom is 0.248 e. The number of hydrogen-bond donors (Lipinski definition) is 1. The minimum absolute atomic E-state index is 0.0864. The molecule has 0 saturated heterocycles. The summed E-state index contributed by atoms with van der Waals surface area (Å²) in [5.74, 6) is -0.901. The second-order valence-corrected chi connectivity index (χ2v) is 9.99. The van der Waals surface area contributed by atoms with Crippen LogP contribution >= 0.6 is 11.3 Å². The number of amides is 2. The van der Waals surface area contributed by atoms with E-state index in [4.69, 9.17) is 0 Å². The van der Waals surface area contributed by atoms with Gasteiger partial charge in [0.15, 0.2) is 0 Å². The minimum atomic E-state index is -0.890. The molecule has 1 heterocycles. The van der Waals surface area contributed by atoms with Crippen LogP contribution in [0.2, 0.25) is 0 Å². The quantitative estimate of drug-likeness (QED) is 0.402. The number of anilines is 1. The number of hydrogen-bond acceptors (Lipinski definition) is 3. The summed E-state index contributed by atoms with van der Waals surface area (Å²) < 4.78 is 14.3. The van der Waals surface area contributed by atoms with Crippen LogP contribution in [0.4, 0.5) is 10.1 Å². The van der Waals surface area contributed by atoms with Gasteiger partial charge in [-0.25, -0.2) is 4.39 Å². The third-order valence-corrected chi connectivity index (χ3v) is 7.33. The molecule has 1 aliphatic rings. The van der Waals surface area contributed by atoms with Crippen LogP contribution in [0, 0.1) is 12.7 Å². The summed E-state index contributed by atoms with van der Waals surface area (Å²) in [6.45, 7) is 1.94. The maximum atomic E-state index is 14.3. The highest BCUT2D eigenvalue weighted by Crippen LogP contribution is 2.32. The molecule has 1 N–H and O–H groups in total. The van der Waals surface area contributed by atoms with Crippen LogP contribution in [0.1, 0.15) is 60.6 Å². The van der Waals surface area contributed by atoms with E-state index in [0.29, 0.717) is 5.69 Å². The highest BCUT2D eigenvalue weighted by Gasteiger charge is 2.35. The van der Waals surface area contributed by atoms with Gasteiger partial charge < -0.3 is 5.32 Å². The maximum absolute atomic E-state index is 14.3. The van der Waals surface area contributed by atoms with Crippen molar-refractivity contribution < 1.29 is 14.0 Å². The number of nitrogens with one attached hydrogen (secondary N) is 1. The van der Waals surface area contributed by atoms with Gasteiger partial charge in [0.1, 0.15) is 11.9 Å². The molecule has 0 bridgehead atoms. The molecule has 1 aliphatic carbocycles. The molecular weight excluding hydrogens is 447 g/mol. The van der Waals surface area contributed by atoms with Crippen molar-refractivity contribution in [2.24, 2.45) is 0 Å². The lowest BCUT2D eigenvalue weighted by molar-refractivity contribution is -0.127. The second kappa shape index (κ2) is 11.4. The van der Waals surface area contributed by atoms with E-state index in [1.165, 1.54) is 41.2 Å². The van der Waals surface area contributed by atoms with Crippen molar-refractivity contribution in [1.29, 1.82) is 0 Å². The molecule has 2 amide bonds. The average Bonchev–Trinajstić information content (AvgIpc) is 3.19. The van der Waals surface area contributed by atoms with E-state index >= 15 is 0 Å². The zero-order valence-electron chi connectivity index (χ0n) is 19.5. The second-order valence-electron chi connectivity index (χ2n) is 8.96. The van der Waals surface area contributed by atoms with Crippen LogP contribution in [0.3, 0.4) is 0 Å². The fourth-order valence-electron chi connectivity index (χ4n) is 4.71. The van der Waals surface area contributed by atoms with Crippen LogP contribution in [0.5, 0.6) is 0 Å². The molecule has 6 heteroatoms. The van der Waals surface area contributed by atoms with E-state index in [-0.39, 0.29) is 24.3 Å². The topological polar surface area (TPSA) is 49.4 Å². The van der Waals surface area contributed by atoms with Crippen LogP contribution in [-0.2, 0) is 16.0 Å². The van der Waals surface area contributed by atoms with Gasteiger partial charge in [-0.3, -0.25) is 14.5 Å². The summed E-state index contributed by atoms with van der Waals surface area (Å²) in [6, 6.07) is 16.6. The molecule has 1 aromatic heterocycles. The first-order chi connectivity index (χ1) is 16.5. The van der Waals surface area contributed by atoms with Crippen molar-refractivity contribution in [3.05, 3.63) is 87.9 Å². The molecular formula is C28H31FN2O2S. The number of halogens is 1. The summed E-state index contributed by atoms with van der Waals surface area (Å²) in [6.07, 6.45) is 6.57. The average molecular weight is 479 g/mol. The molecule has 1 unspecified atom stereocenters. The Morgan fingerprint density at radius 2 is 1.79 bits per heavy atom. The van der Waals surface area contributed by atoms with Gasteiger partial charge in [0.2, 0.25) is 11.8 Å². The predicted molar refractivity (Wildman–Crippen MR) is 135 cm³/mol. The normalized spacial score (nSPS) is 15.4. The van der Waals surface area contributed by atoms with Crippen molar-refractivity contribution in [3.63, 3.8) is 0 Å². The van der Waals surface area contributed by atoms with Crippen LogP contribution < -0.4 is 10.2 Å². The van der Waals surface area contributed by atoms with Crippen molar-refractivity contribution >= 4 is 28.8 Å². The third kappa shape index (κ3) is 5.92. The smallest absolute Gasteiger partial charge is 0.248 e. The standard InChI is InChI=1S/C28H31FN2O2S/c1-20-10-6-7-16-25(20)27(28(33)30-22-12-4-2-3-5-13-22)31(23-14-8-11-21(29)18-23)26(32)19-24-15-9-17-34-24/h6-11,14-18,22,27H,2-5,12-13,19H2,1H3,(H,30,33). The zero-order valence-corrected chi connectivity index (χ0v) is 20.3. The van der Waals surface area contributed by atoms with E-state index in [1.807, 2.05) is 48.7 Å². The lowest BCUT2D eigenvalue weighted by Crippen LogP contribution is -2.47. The van der Waals surface area contributed by atoms with E-state index in [2.05, 4.69) is 5.32 Å². The summed E-state index contributed by atoms with van der Waals surface area (Å²) in [5, 5.41) is 5.16. The van der Waals surface area contributed by atoms with Crippen LogP contribution in [0.15, 0.2) is 66.0 Å². The fourth-order valence-corrected chi connectivity index (χ4v) is 5.40. The van der Waals surface area contributed by atoms with Crippen LogP contribution in [0.25, 0.3) is 0 Å². The Bertz CT molecular complexity index is 1110. The van der Waals surface area contributed by atoms with Crippen LogP contribution in [-0.4, -0.2) is 17.9 Å². The number of aryl methyl sites for hydroxylation is 1. The number of carbonyl (C=O) groups excluding carboxylic acids is 2. The molecule has 4 nitrogen and oxygen atoms in total. The zero-order chi connectivity index (χ0) is 23.9. The Balaban J connectivity index is 1.75. The monoisotopic (exact) mass is 478 g/mol. The molecule has 2 aromatic carbocycles. The highest BCUT2D eigenvalue weighted by atomic mass is 32.1. The lowest BCUT2D eigenvalue weighted by Gasteiger charge is -2.33. The number of benzene rings is 2. The van der Waals surface area contributed by atoms with E-state index in [1.54, 1.807) is 12.1 Å². The van der Waals surface area contributed by atoms with Gasteiger partial charge in [0, 0.05) is 16.6 Å². The van der Waals surface area contributed by atoms with Gasteiger partial charge in [-0.05, 0) is 60.5 Å². The summed E-state index contributed by atoms with van der Waals surface area (Å²) >= 11 is 1.49. The summed E-state index contributed by atoms with van der Waals surface area (Å²) in [7, 11) is 0. The lowest BCUT2D eigenvalue weighted by atomic mass is 9.97. The first-order valence-corrected chi connectivity index (χ1v) is 12.9. The first kappa shape index (κ1) is 24.1. The van der Waals surface area contributed by atoms with Crippen molar-refractivity contribution in [1.82, 2.24) is 5.32 Å². The Morgan fingerprint density at radius 3 is 2.47 bits per heavy atom.